The van der Waals surface area contributed by atoms with Crippen molar-refractivity contribution in [3.05, 3.63) is 23.3 Å². The smallest absolute Gasteiger partial charge is 0.123 e. The van der Waals surface area contributed by atoms with Crippen molar-refractivity contribution in [2.45, 2.75) is 18.2 Å². The highest BCUT2D eigenvalue weighted by atomic mass is 32.2. The lowest BCUT2D eigenvalue weighted by Gasteiger charge is -2.34. The minimum Gasteiger partial charge on any atom is -0.496 e. The number of methoxy groups -OCH3 is 2. The van der Waals surface area contributed by atoms with Gasteiger partial charge >= 0.3 is 0 Å². The molecule has 0 saturated carbocycles. The molecular formula is C12H17NO2S. The molecule has 1 aromatic carbocycles. The van der Waals surface area contributed by atoms with Crippen LogP contribution in [0.1, 0.15) is 16.4 Å². The Labute approximate surface area is 100 Å². The summed E-state index contributed by atoms with van der Waals surface area (Å²) in [5.74, 6) is 2.82. The molecule has 1 fully saturated rings. The first-order valence-electron chi connectivity index (χ1n) is 5.27. The predicted octanol–water partition coefficient (Wildman–Crippen LogP) is 2.13. The van der Waals surface area contributed by atoms with E-state index in [9.17, 15) is 0 Å². The van der Waals surface area contributed by atoms with E-state index in [0.717, 1.165) is 28.4 Å². The second-order valence-electron chi connectivity index (χ2n) is 3.98. The Hall–Kier alpha value is -0.870. The second kappa shape index (κ2) is 4.55. The summed E-state index contributed by atoms with van der Waals surface area (Å²) in [6, 6.07) is 4.29. The Bertz CT molecular complexity index is 395. The van der Waals surface area contributed by atoms with Gasteiger partial charge in [0.25, 0.3) is 0 Å². The van der Waals surface area contributed by atoms with Gasteiger partial charge in [0.2, 0.25) is 0 Å². The molecule has 4 heteroatoms. The molecule has 2 N–H and O–H groups in total. The number of aryl methyl sites for hydroxylation is 1. The average molecular weight is 239 g/mol. The average Bonchev–Trinajstić information content (AvgIpc) is 2.28. The number of rotatable bonds is 3. The van der Waals surface area contributed by atoms with Gasteiger partial charge in [0.1, 0.15) is 11.5 Å². The minimum absolute atomic E-state index is 0.228. The van der Waals surface area contributed by atoms with Crippen LogP contribution in [-0.4, -0.2) is 26.0 Å². The molecule has 3 nitrogen and oxygen atoms in total. The molecule has 2 rings (SSSR count). The van der Waals surface area contributed by atoms with Crippen molar-refractivity contribution in [2.24, 2.45) is 5.73 Å². The Balaban J connectivity index is 2.41. The fourth-order valence-electron chi connectivity index (χ4n) is 1.92. The van der Waals surface area contributed by atoms with Crippen molar-refractivity contribution in [1.82, 2.24) is 0 Å². The van der Waals surface area contributed by atoms with Gasteiger partial charge in [-0.05, 0) is 24.6 Å². The maximum Gasteiger partial charge on any atom is 0.123 e. The van der Waals surface area contributed by atoms with Crippen molar-refractivity contribution in [1.29, 1.82) is 0 Å². The third-order valence-electron chi connectivity index (χ3n) is 2.91. The highest BCUT2D eigenvalue weighted by molar-refractivity contribution is 8.01. The van der Waals surface area contributed by atoms with E-state index in [2.05, 4.69) is 0 Å². The number of nitrogens with two attached hydrogens (primary N) is 1. The molecule has 0 aromatic heterocycles. The number of ether oxygens (including phenoxy) is 2. The Morgan fingerprint density at radius 3 is 2.38 bits per heavy atom. The fraction of sp³-hybridized carbons (Fsp3) is 0.500. The first-order chi connectivity index (χ1) is 7.67. The summed E-state index contributed by atoms with van der Waals surface area (Å²) in [5.41, 5.74) is 8.22. The fourth-order valence-corrected chi connectivity index (χ4v) is 2.89. The van der Waals surface area contributed by atoms with E-state index in [1.807, 2.05) is 30.8 Å². The van der Waals surface area contributed by atoms with Crippen LogP contribution in [0, 0.1) is 6.92 Å². The molecule has 1 aliphatic rings. The molecule has 0 aliphatic carbocycles. The van der Waals surface area contributed by atoms with E-state index in [4.69, 9.17) is 15.2 Å². The third kappa shape index (κ3) is 1.87. The summed E-state index contributed by atoms with van der Waals surface area (Å²) in [6.45, 7) is 2.01. The molecule has 0 bridgehead atoms. The van der Waals surface area contributed by atoms with Gasteiger partial charge in [-0.15, -0.1) is 0 Å². The van der Waals surface area contributed by atoms with Gasteiger partial charge in [-0.3, -0.25) is 0 Å². The van der Waals surface area contributed by atoms with Crippen molar-refractivity contribution < 1.29 is 9.47 Å². The lowest BCUT2D eigenvalue weighted by atomic mass is 10.0. The molecule has 1 heterocycles. The van der Waals surface area contributed by atoms with Crippen LogP contribution in [0.2, 0.25) is 0 Å². The molecule has 2 unspecified atom stereocenters. The molecule has 0 spiro atoms. The molecule has 16 heavy (non-hydrogen) atoms. The van der Waals surface area contributed by atoms with E-state index >= 15 is 0 Å². The maximum atomic E-state index is 5.99. The molecular weight excluding hydrogens is 222 g/mol. The first-order valence-corrected chi connectivity index (χ1v) is 6.32. The van der Waals surface area contributed by atoms with Crippen LogP contribution in [0.25, 0.3) is 0 Å². The van der Waals surface area contributed by atoms with Crippen molar-refractivity contribution >= 4 is 11.8 Å². The normalized spacial score (nSPS) is 23.8. The van der Waals surface area contributed by atoms with Crippen LogP contribution in [-0.2, 0) is 0 Å². The minimum atomic E-state index is 0.228. The number of hydrogen-bond donors (Lipinski definition) is 1. The van der Waals surface area contributed by atoms with Gasteiger partial charge in [0.15, 0.2) is 0 Å². The first kappa shape index (κ1) is 11.6. The number of hydrogen-bond acceptors (Lipinski definition) is 4. The van der Waals surface area contributed by atoms with Crippen LogP contribution in [0.3, 0.4) is 0 Å². The summed E-state index contributed by atoms with van der Waals surface area (Å²) in [6.07, 6.45) is 0. The van der Waals surface area contributed by atoms with E-state index in [1.54, 1.807) is 14.2 Å². The number of thioether (sulfide) groups is 1. The van der Waals surface area contributed by atoms with Gasteiger partial charge in [-0.1, -0.05) is 0 Å². The van der Waals surface area contributed by atoms with E-state index < -0.39 is 0 Å². The summed E-state index contributed by atoms with van der Waals surface area (Å²) < 4.78 is 10.7. The SMILES string of the molecule is COc1cc(C2SCC2N)c(OC)cc1C. The summed E-state index contributed by atoms with van der Waals surface area (Å²) in [4.78, 5) is 0. The van der Waals surface area contributed by atoms with Crippen molar-refractivity contribution in [2.75, 3.05) is 20.0 Å². The molecule has 88 valence electrons. The Kier molecular flexibility index (Phi) is 3.30. The molecule has 1 saturated heterocycles. The predicted molar refractivity (Wildman–Crippen MR) is 67.5 cm³/mol. The zero-order chi connectivity index (χ0) is 11.7. The van der Waals surface area contributed by atoms with Crippen molar-refractivity contribution in [3.63, 3.8) is 0 Å². The maximum absolute atomic E-state index is 5.99. The van der Waals surface area contributed by atoms with Gasteiger partial charge in [0.05, 0.1) is 14.2 Å². The summed E-state index contributed by atoms with van der Waals surface area (Å²) in [5, 5.41) is 0.337. The van der Waals surface area contributed by atoms with E-state index in [0.29, 0.717) is 5.25 Å². The Morgan fingerprint density at radius 1 is 1.25 bits per heavy atom. The standard InChI is InChI=1S/C12H17NO2S/c1-7-4-11(15-3)8(5-10(7)14-2)12-9(13)6-16-12/h4-5,9,12H,6,13H2,1-3H3. The molecule has 1 aromatic rings. The van der Waals surface area contributed by atoms with Gasteiger partial charge in [-0.2, -0.15) is 11.8 Å². The zero-order valence-corrected chi connectivity index (χ0v) is 10.6. The van der Waals surface area contributed by atoms with E-state index in [-0.39, 0.29) is 6.04 Å². The van der Waals surface area contributed by atoms with Crippen LogP contribution < -0.4 is 15.2 Å². The lowest BCUT2D eigenvalue weighted by molar-refractivity contribution is 0.394. The zero-order valence-electron chi connectivity index (χ0n) is 9.82. The van der Waals surface area contributed by atoms with Crippen LogP contribution >= 0.6 is 11.8 Å². The third-order valence-corrected chi connectivity index (χ3v) is 4.45. The molecule has 0 amide bonds. The summed E-state index contributed by atoms with van der Waals surface area (Å²) >= 11 is 1.86. The molecule has 0 radical (unpaired) electrons. The van der Waals surface area contributed by atoms with Gasteiger partial charge in [-0.25, -0.2) is 0 Å². The Morgan fingerprint density at radius 2 is 1.94 bits per heavy atom. The topological polar surface area (TPSA) is 44.5 Å². The van der Waals surface area contributed by atoms with Crippen LogP contribution in [0.15, 0.2) is 12.1 Å². The van der Waals surface area contributed by atoms with Gasteiger partial charge < -0.3 is 15.2 Å². The largest absolute Gasteiger partial charge is 0.496 e. The van der Waals surface area contributed by atoms with Crippen LogP contribution in [0.5, 0.6) is 11.5 Å². The molecule has 1 aliphatic heterocycles. The van der Waals surface area contributed by atoms with Gasteiger partial charge in [0, 0.05) is 22.6 Å². The molecule has 2 atom stereocenters. The second-order valence-corrected chi connectivity index (χ2v) is 5.16. The number of benzene rings is 1. The van der Waals surface area contributed by atoms with Crippen molar-refractivity contribution in [3.8, 4) is 11.5 Å². The van der Waals surface area contributed by atoms with Crippen LogP contribution in [0.4, 0.5) is 0 Å². The lowest BCUT2D eigenvalue weighted by Crippen LogP contribution is -2.37. The quantitative estimate of drug-likeness (QED) is 0.877. The highest BCUT2D eigenvalue weighted by Gasteiger charge is 2.32. The van der Waals surface area contributed by atoms with E-state index in [1.165, 1.54) is 0 Å². The summed E-state index contributed by atoms with van der Waals surface area (Å²) in [7, 11) is 3.38. The highest BCUT2D eigenvalue weighted by Crippen LogP contribution is 2.46. The monoisotopic (exact) mass is 239 g/mol.